The number of nitrogens with one attached hydrogen (secondary N) is 1. The smallest absolute Gasteiger partial charge is 0.224 e. The third-order valence-electron chi connectivity index (χ3n) is 3.69. The fourth-order valence-corrected chi connectivity index (χ4v) is 2.71. The van der Waals surface area contributed by atoms with Gasteiger partial charge in [-0.2, -0.15) is 0 Å². The van der Waals surface area contributed by atoms with Gasteiger partial charge in [-0.3, -0.25) is 4.79 Å². The molecule has 0 spiro atoms. The highest BCUT2D eigenvalue weighted by atomic mass is 35.5. The molecular formula is C18H18ClNO4. The molecule has 1 atom stereocenters. The molecule has 0 radical (unpaired) electrons. The molecule has 0 saturated carbocycles. The normalized spacial score (nSPS) is 15.7. The number of methoxy groups -OCH3 is 1. The minimum atomic E-state index is -0.217. The quantitative estimate of drug-likeness (QED) is 0.903. The van der Waals surface area contributed by atoms with Gasteiger partial charge < -0.3 is 19.5 Å². The average Bonchev–Trinajstić information content (AvgIpc) is 2.60. The summed E-state index contributed by atoms with van der Waals surface area (Å²) in [6.45, 7) is 0.772. The Hall–Kier alpha value is -2.40. The van der Waals surface area contributed by atoms with Crippen molar-refractivity contribution in [1.82, 2.24) is 5.32 Å². The highest BCUT2D eigenvalue weighted by Crippen LogP contribution is 2.30. The van der Waals surface area contributed by atoms with Gasteiger partial charge in [0.15, 0.2) is 11.5 Å². The molecule has 6 heteroatoms. The molecule has 2 aromatic carbocycles. The van der Waals surface area contributed by atoms with Crippen molar-refractivity contribution in [1.29, 1.82) is 0 Å². The first-order chi connectivity index (χ1) is 11.7. The minimum absolute atomic E-state index is 0.127. The molecule has 126 valence electrons. The lowest BCUT2D eigenvalue weighted by atomic mass is 10.1. The van der Waals surface area contributed by atoms with Crippen LogP contribution < -0.4 is 19.5 Å². The van der Waals surface area contributed by atoms with E-state index in [0.29, 0.717) is 29.7 Å². The van der Waals surface area contributed by atoms with Gasteiger partial charge in [0, 0.05) is 10.6 Å². The lowest BCUT2D eigenvalue weighted by Crippen LogP contribution is -2.41. The molecule has 1 N–H and O–H groups in total. The van der Waals surface area contributed by atoms with Crippen molar-refractivity contribution in [2.24, 2.45) is 0 Å². The monoisotopic (exact) mass is 347 g/mol. The highest BCUT2D eigenvalue weighted by Gasteiger charge is 2.21. The van der Waals surface area contributed by atoms with E-state index in [0.717, 1.165) is 11.3 Å². The summed E-state index contributed by atoms with van der Waals surface area (Å²) in [7, 11) is 1.56. The fraction of sp³-hybridized carbons (Fsp3) is 0.278. The molecule has 0 aliphatic carbocycles. The number of amides is 1. The highest BCUT2D eigenvalue weighted by molar-refractivity contribution is 6.30. The van der Waals surface area contributed by atoms with Gasteiger partial charge in [0.05, 0.1) is 20.1 Å². The van der Waals surface area contributed by atoms with Crippen molar-refractivity contribution >= 4 is 17.5 Å². The fourth-order valence-electron chi connectivity index (χ4n) is 2.51. The molecular weight excluding hydrogens is 330 g/mol. The summed E-state index contributed by atoms with van der Waals surface area (Å²) < 4.78 is 16.7. The summed E-state index contributed by atoms with van der Waals surface area (Å²) in [6, 6.07) is 12.7. The van der Waals surface area contributed by atoms with Gasteiger partial charge in [0.1, 0.15) is 18.5 Å². The van der Waals surface area contributed by atoms with E-state index in [9.17, 15) is 4.79 Å². The van der Waals surface area contributed by atoms with Crippen LogP contribution in [0.25, 0.3) is 0 Å². The second-order valence-electron chi connectivity index (χ2n) is 5.43. The zero-order valence-electron chi connectivity index (χ0n) is 13.3. The predicted octanol–water partition coefficient (Wildman–Crippen LogP) is 2.85. The van der Waals surface area contributed by atoms with Gasteiger partial charge in [-0.15, -0.1) is 0 Å². The van der Waals surface area contributed by atoms with Gasteiger partial charge in [-0.05, 0) is 30.3 Å². The van der Waals surface area contributed by atoms with E-state index in [1.807, 2.05) is 24.3 Å². The predicted molar refractivity (Wildman–Crippen MR) is 91.1 cm³/mol. The van der Waals surface area contributed by atoms with Gasteiger partial charge in [-0.25, -0.2) is 0 Å². The van der Waals surface area contributed by atoms with E-state index < -0.39 is 0 Å². The number of hydrogen-bond donors (Lipinski definition) is 1. The van der Waals surface area contributed by atoms with Gasteiger partial charge in [-0.1, -0.05) is 23.7 Å². The molecule has 0 bridgehead atoms. The van der Waals surface area contributed by atoms with Gasteiger partial charge in [0.2, 0.25) is 5.91 Å². The lowest BCUT2D eigenvalue weighted by molar-refractivity contribution is -0.121. The van der Waals surface area contributed by atoms with Crippen molar-refractivity contribution in [3.63, 3.8) is 0 Å². The van der Waals surface area contributed by atoms with E-state index in [4.69, 9.17) is 25.8 Å². The number of halogens is 1. The molecule has 3 rings (SSSR count). The second kappa shape index (κ2) is 7.45. The van der Waals surface area contributed by atoms with Crippen LogP contribution in [0.15, 0.2) is 42.5 Å². The molecule has 5 nitrogen and oxygen atoms in total. The van der Waals surface area contributed by atoms with E-state index in [1.54, 1.807) is 25.3 Å². The molecule has 24 heavy (non-hydrogen) atoms. The lowest BCUT2D eigenvalue weighted by Gasteiger charge is -2.26. The Bertz CT molecular complexity index is 735. The summed E-state index contributed by atoms with van der Waals surface area (Å²) in [5.41, 5.74) is 0.744. The maximum Gasteiger partial charge on any atom is 0.224 e. The first kappa shape index (κ1) is 16.5. The number of fused-ring (bicyclic) bond motifs is 1. The average molecular weight is 348 g/mol. The molecule has 0 fully saturated rings. The van der Waals surface area contributed by atoms with Crippen LogP contribution in [-0.2, 0) is 11.2 Å². The third-order valence-corrected chi connectivity index (χ3v) is 3.92. The maximum absolute atomic E-state index is 12.2. The molecule has 1 heterocycles. The molecule has 1 aliphatic rings. The summed E-state index contributed by atoms with van der Waals surface area (Å²) in [5, 5.41) is 3.43. The largest absolute Gasteiger partial charge is 0.496 e. The Kier molecular flexibility index (Phi) is 5.11. The standard InChI is InChI=1S/C18H18ClNO4/c1-22-15-7-6-13(19)8-12(15)9-18(21)20-10-14-11-23-16-4-2-3-5-17(16)24-14/h2-8,14H,9-11H2,1H3,(H,20,21). The summed E-state index contributed by atoms with van der Waals surface area (Å²) in [4.78, 5) is 12.2. The van der Waals surface area contributed by atoms with Crippen LogP contribution in [0.4, 0.5) is 0 Å². The number of rotatable bonds is 5. The first-order valence-electron chi connectivity index (χ1n) is 7.63. The van der Waals surface area contributed by atoms with Crippen LogP contribution in [-0.4, -0.2) is 32.3 Å². The molecule has 0 aromatic heterocycles. The summed E-state index contributed by atoms with van der Waals surface area (Å²) in [5.74, 6) is 1.93. The van der Waals surface area contributed by atoms with Crippen molar-refractivity contribution in [2.45, 2.75) is 12.5 Å². The van der Waals surface area contributed by atoms with Crippen molar-refractivity contribution in [3.05, 3.63) is 53.1 Å². The van der Waals surface area contributed by atoms with E-state index in [2.05, 4.69) is 5.32 Å². The van der Waals surface area contributed by atoms with Crippen LogP contribution in [0, 0.1) is 0 Å². The van der Waals surface area contributed by atoms with Gasteiger partial charge in [0.25, 0.3) is 0 Å². The Balaban J connectivity index is 1.54. The summed E-state index contributed by atoms with van der Waals surface area (Å²) in [6.07, 6.45) is -0.0291. The minimum Gasteiger partial charge on any atom is -0.496 e. The summed E-state index contributed by atoms with van der Waals surface area (Å²) >= 11 is 5.98. The zero-order valence-corrected chi connectivity index (χ0v) is 14.0. The number of hydrogen-bond acceptors (Lipinski definition) is 4. The number of carbonyl (C=O) groups excluding carboxylic acids is 1. The van der Waals surface area contributed by atoms with Crippen LogP contribution in [0.3, 0.4) is 0 Å². The Labute approximate surface area is 145 Å². The van der Waals surface area contributed by atoms with Crippen LogP contribution in [0.2, 0.25) is 5.02 Å². The van der Waals surface area contributed by atoms with Gasteiger partial charge >= 0.3 is 0 Å². The molecule has 1 unspecified atom stereocenters. The van der Waals surface area contributed by atoms with Crippen molar-refractivity contribution < 1.29 is 19.0 Å². The number of benzene rings is 2. The number of carbonyl (C=O) groups is 1. The SMILES string of the molecule is COc1ccc(Cl)cc1CC(=O)NCC1COc2ccccc2O1. The molecule has 2 aromatic rings. The van der Waals surface area contributed by atoms with Crippen LogP contribution in [0.5, 0.6) is 17.2 Å². The topological polar surface area (TPSA) is 56.8 Å². The zero-order chi connectivity index (χ0) is 16.9. The van der Waals surface area contributed by atoms with E-state index in [-0.39, 0.29) is 18.4 Å². The first-order valence-corrected chi connectivity index (χ1v) is 8.01. The van der Waals surface area contributed by atoms with Crippen LogP contribution >= 0.6 is 11.6 Å². The molecule has 1 amide bonds. The van der Waals surface area contributed by atoms with Crippen molar-refractivity contribution in [2.75, 3.05) is 20.3 Å². The molecule has 0 saturated heterocycles. The Morgan fingerprint density at radius 2 is 2.08 bits per heavy atom. The number of para-hydroxylation sites is 2. The maximum atomic E-state index is 12.2. The van der Waals surface area contributed by atoms with E-state index in [1.165, 1.54) is 0 Å². The Morgan fingerprint density at radius 1 is 1.29 bits per heavy atom. The molecule has 1 aliphatic heterocycles. The second-order valence-corrected chi connectivity index (χ2v) is 5.87. The Morgan fingerprint density at radius 3 is 2.88 bits per heavy atom. The van der Waals surface area contributed by atoms with Crippen molar-refractivity contribution in [3.8, 4) is 17.2 Å². The number of ether oxygens (including phenoxy) is 3. The third kappa shape index (κ3) is 3.92. The van der Waals surface area contributed by atoms with Crippen LogP contribution in [0.1, 0.15) is 5.56 Å². The van der Waals surface area contributed by atoms with E-state index >= 15 is 0 Å².